The molecule has 0 aliphatic rings. The summed E-state index contributed by atoms with van der Waals surface area (Å²) >= 11 is 0. The summed E-state index contributed by atoms with van der Waals surface area (Å²) in [5.41, 5.74) is 4.25. The zero-order chi connectivity index (χ0) is 14.8. The molecule has 106 valence electrons. The highest BCUT2D eigenvalue weighted by molar-refractivity contribution is 5.90. The van der Waals surface area contributed by atoms with Crippen molar-refractivity contribution in [3.05, 3.63) is 71.2 Å². The third-order valence-electron chi connectivity index (χ3n) is 3.36. The van der Waals surface area contributed by atoms with Crippen molar-refractivity contribution in [1.82, 2.24) is 9.38 Å². The van der Waals surface area contributed by atoms with Crippen LogP contribution in [0.15, 0.2) is 48.8 Å². The molecule has 3 rings (SSSR count). The van der Waals surface area contributed by atoms with Gasteiger partial charge in [0, 0.05) is 12.4 Å². The average Bonchev–Trinajstić information content (AvgIpc) is 2.87. The van der Waals surface area contributed by atoms with E-state index in [-0.39, 0.29) is 12.6 Å². The summed E-state index contributed by atoms with van der Waals surface area (Å²) < 4.78 is 7.28. The Labute approximate surface area is 123 Å². The number of aromatic nitrogens is 2. The molecule has 21 heavy (non-hydrogen) atoms. The molecule has 0 unspecified atom stereocenters. The Morgan fingerprint density at radius 1 is 1.14 bits per heavy atom. The number of pyridine rings is 1. The SMILES string of the molecule is Cc1ccc2nc(COC(=O)c3ccccc3C)cn2c1. The molecule has 0 bridgehead atoms. The molecule has 4 heteroatoms. The van der Waals surface area contributed by atoms with Gasteiger partial charge in [0.1, 0.15) is 12.3 Å². The average molecular weight is 280 g/mol. The van der Waals surface area contributed by atoms with Crippen LogP contribution in [0.4, 0.5) is 0 Å². The van der Waals surface area contributed by atoms with Gasteiger partial charge in [-0.15, -0.1) is 0 Å². The second-order valence-corrected chi connectivity index (χ2v) is 5.10. The lowest BCUT2D eigenvalue weighted by molar-refractivity contribution is 0.0467. The minimum Gasteiger partial charge on any atom is -0.456 e. The van der Waals surface area contributed by atoms with Gasteiger partial charge in [0.2, 0.25) is 0 Å². The number of aryl methyl sites for hydroxylation is 2. The minimum atomic E-state index is -0.318. The van der Waals surface area contributed by atoms with Crippen molar-refractivity contribution in [1.29, 1.82) is 0 Å². The van der Waals surface area contributed by atoms with Crippen molar-refractivity contribution >= 4 is 11.6 Å². The van der Waals surface area contributed by atoms with Crippen molar-refractivity contribution in [2.75, 3.05) is 0 Å². The second kappa shape index (κ2) is 5.40. The molecular weight excluding hydrogens is 264 g/mol. The van der Waals surface area contributed by atoms with Crippen molar-refractivity contribution in [3.8, 4) is 0 Å². The highest BCUT2D eigenvalue weighted by atomic mass is 16.5. The summed E-state index contributed by atoms with van der Waals surface area (Å²) in [4.78, 5) is 16.5. The maximum atomic E-state index is 12.1. The van der Waals surface area contributed by atoms with E-state index in [2.05, 4.69) is 4.98 Å². The monoisotopic (exact) mass is 280 g/mol. The summed E-state index contributed by atoms with van der Waals surface area (Å²) in [5, 5.41) is 0. The smallest absolute Gasteiger partial charge is 0.338 e. The number of carbonyl (C=O) groups is 1. The van der Waals surface area contributed by atoms with E-state index in [9.17, 15) is 4.79 Å². The Morgan fingerprint density at radius 3 is 2.76 bits per heavy atom. The molecule has 0 saturated carbocycles. The number of hydrogen-bond acceptors (Lipinski definition) is 3. The van der Waals surface area contributed by atoms with Crippen LogP contribution in [0.25, 0.3) is 5.65 Å². The predicted molar refractivity (Wildman–Crippen MR) is 80.2 cm³/mol. The van der Waals surface area contributed by atoms with Crippen LogP contribution >= 0.6 is 0 Å². The topological polar surface area (TPSA) is 43.6 Å². The van der Waals surface area contributed by atoms with Crippen molar-refractivity contribution in [2.45, 2.75) is 20.5 Å². The van der Waals surface area contributed by atoms with Crippen LogP contribution in [-0.4, -0.2) is 15.4 Å². The van der Waals surface area contributed by atoms with E-state index in [1.54, 1.807) is 6.07 Å². The largest absolute Gasteiger partial charge is 0.456 e. The summed E-state index contributed by atoms with van der Waals surface area (Å²) in [6.45, 7) is 4.09. The third-order valence-corrected chi connectivity index (χ3v) is 3.36. The van der Waals surface area contributed by atoms with Gasteiger partial charge in [-0.1, -0.05) is 24.3 Å². The third kappa shape index (κ3) is 2.79. The molecule has 0 spiro atoms. The molecular formula is C17H16N2O2. The zero-order valence-corrected chi connectivity index (χ0v) is 12.0. The van der Waals surface area contributed by atoms with E-state index in [4.69, 9.17) is 4.74 Å². The minimum absolute atomic E-state index is 0.174. The fourth-order valence-corrected chi connectivity index (χ4v) is 2.24. The number of benzene rings is 1. The summed E-state index contributed by atoms with van der Waals surface area (Å²) in [7, 11) is 0. The Kier molecular flexibility index (Phi) is 3.44. The first-order valence-corrected chi connectivity index (χ1v) is 6.80. The Morgan fingerprint density at radius 2 is 1.95 bits per heavy atom. The fraction of sp³-hybridized carbons (Fsp3) is 0.176. The first-order chi connectivity index (χ1) is 10.1. The van der Waals surface area contributed by atoms with Gasteiger partial charge in [0.25, 0.3) is 0 Å². The molecule has 2 aromatic heterocycles. The number of ether oxygens (including phenoxy) is 1. The van der Waals surface area contributed by atoms with Crippen LogP contribution in [0.1, 0.15) is 27.2 Å². The highest BCUT2D eigenvalue weighted by Gasteiger charge is 2.11. The maximum Gasteiger partial charge on any atom is 0.338 e. The normalized spacial score (nSPS) is 10.8. The van der Waals surface area contributed by atoms with Gasteiger partial charge in [-0.3, -0.25) is 0 Å². The number of hydrogen-bond donors (Lipinski definition) is 0. The van der Waals surface area contributed by atoms with Gasteiger partial charge in [-0.2, -0.15) is 0 Å². The summed E-state index contributed by atoms with van der Waals surface area (Å²) in [6, 6.07) is 11.3. The number of esters is 1. The van der Waals surface area contributed by atoms with E-state index in [1.807, 2.05) is 61.0 Å². The molecule has 1 aromatic carbocycles. The first-order valence-electron chi connectivity index (χ1n) is 6.80. The van der Waals surface area contributed by atoms with Gasteiger partial charge in [0.05, 0.1) is 11.3 Å². The van der Waals surface area contributed by atoms with Gasteiger partial charge in [-0.05, 0) is 37.1 Å². The maximum absolute atomic E-state index is 12.1. The lowest BCUT2D eigenvalue weighted by atomic mass is 10.1. The quantitative estimate of drug-likeness (QED) is 0.691. The number of carbonyl (C=O) groups excluding carboxylic acids is 1. The zero-order valence-electron chi connectivity index (χ0n) is 12.0. The molecule has 0 saturated heterocycles. The van der Waals surface area contributed by atoms with Crippen LogP contribution in [0.3, 0.4) is 0 Å². The number of fused-ring (bicyclic) bond motifs is 1. The molecule has 0 aliphatic heterocycles. The van der Waals surface area contributed by atoms with Crippen LogP contribution < -0.4 is 0 Å². The molecule has 4 nitrogen and oxygen atoms in total. The molecule has 2 heterocycles. The van der Waals surface area contributed by atoms with Gasteiger partial charge in [0.15, 0.2) is 0 Å². The molecule has 0 amide bonds. The predicted octanol–water partition coefficient (Wildman–Crippen LogP) is 3.31. The summed E-state index contributed by atoms with van der Waals surface area (Å²) in [6.07, 6.45) is 3.88. The molecule has 0 aliphatic carbocycles. The molecule has 0 radical (unpaired) electrons. The lowest BCUT2D eigenvalue weighted by Crippen LogP contribution is -2.07. The fourth-order valence-electron chi connectivity index (χ4n) is 2.24. The van der Waals surface area contributed by atoms with Crippen LogP contribution in [-0.2, 0) is 11.3 Å². The second-order valence-electron chi connectivity index (χ2n) is 5.10. The Bertz CT molecular complexity index is 805. The molecule has 0 atom stereocenters. The van der Waals surface area contributed by atoms with E-state index in [0.29, 0.717) is 5.56 Å². The number of rotatable bonds is 3. The van der Waals surface area contributed by atoms with Crippen LogP contribution in [0.2, 0.25) is 0 Å². The molecule has 0 N–H and O–H groups in total. The van der Waals surface area contributed by atoms with Gasteiger partial charge >= 0.3 is 5.97 Å². The van der Waals surface area contributed by atoms with Crippen LogP contribution in [0.5, 0.6) is 0 Å². The molecule has 3 aromatic rings. The highest BCUT2D eigenvalue weighted by Crippen LogP contribution is 2.12. The lowest BCUT2D eigenvalue weighted by Gasteiger charge is -2.05. The standard InChI is InChI=1S/C17H16N2O2/c1-12-7-8-16-18-14(10-19(16)9-12)11-21-17(20)15-6-4-3-5-13(15)2/h3-10H,11H2,1-2H3. The van der Waals surface area contributed by atoms with Gasteiger partial charge < -0.3 is 9.14 Å². The number of nitrogens with zero attached hydrogens (tertiary/aromatic N) is 2. The van der Waals surface area contributed by atoms with Crippen molar-refractivity contribution in [3.63, 3.8) is 0 Å². The van der Waals surface area contributed by atoms with E-state index >= 15 is 0 Å². The van der Waals surface area contributed by atoms with E-state index in [1.165, 1.54) is 0 Å². The molecule has 0 fully saturated rings. The van der Waals surface area contributed by atoms with Crippen molar-refractivity contribution in [2.24, 2.45) is 0 Å². The Balaban J connectivity index is 1.74. The van der Waals surface area contributed by atoms with E-state index in [0.717, 1.165) is 22.5 Å². The summed E-state index contributed by atoms with van der Waals surface area (Å²) in [5.74, 6) is -0.318. The Hall–Kier alpha value is -2.62. The van der Waals surface area contributed by atoms with Crippen molar-refractivity contribution < 1.29 is 9.53 Å². The number of imidazole rings is 1. The van der Waals surface area contributed by atoms with Gasteiger partial charge in [-0.25, -0.2) is 9.78 Å². The van der Waals surface area contributed by atoms with Crippen LogP contribution in [0, 0.1) is 13.8 Å². The first kappa shape index (κ1) is 13.4. The van der Waals surface area contributed by atoms with E-state index < -0.39 is 0 Å².